The first-order valence-corrected chi connectivity index (χ1v) is 14.6. The summed E-state index contributed by atoms with van der Waals surface area (Å²) in [4.78, 5) is 57.5. The molecule has 0 unspecified atom stereocenters. The van der Waals surface area contributed by atoms with E-state index in [1.807, 2.05) is 6.08 Å². The molecule has 2 aliphatic carbocycles. The van der Waals surface area contributed by atoms with Crippen LogP contribution in [0.4, 0.5) is 10.1 Å². The molecule has 8 nitrogen and oxygen atoms in total. The fraction of sp³-hybridized carbons (Fsp3) is 0.400. The molecule has 6 atom stereocenters. The smallest absolute Gasteiger partial charge is 0.241 e. The molecular weight excluding hydrogens is 619 g/mol. The summed E-state index contributed by atoms with van der Waals surface area (Å²) in [5.41, 5.74) is -0.148. The van der Waals surface area contributed by atoms with E-state index in [1.165, 1.54) is 24.1 Å². The molecule has 4 amide bonds. The van der Waals surface area contributed by atoms with E-state index >= 15 is 0 Å². The Morgan fingerprint density at radius 3 is 2.51 bits per heavy atom. The van der Waals surface area contributed by atoms with Crippen LogP contribution in [0.15, 0.2) is 46.5 Å². The first-order valence-electron chi connectivity index (χ1n) is 13.4. The Balaban J connectivity index is 1.57. The van der Waals surface area contributed by atoms with Crippen molar-refractivity contribution >= 4 is 56.8 Å². The van der Waals surface area contributed by atoms with Crippen LogP contribution in [0.3, 0.4) is 0 Å². The van der Waals surface area contributed by atoms with Gasteiger partial charge in [-0.3, -0.25) is 24.1 Å². The van der Waals surface area contributed by atoms with E-state index < -0.39 is 52.6 Å². The standard InChI is InChI=1S/C30H27BrClFN2O6/c1-4-34-26(37)16-7-6-15-17(23(16)28(34)39)12-19-27(38)35(14-5-8-21(33)20(32)11-14)29(40)30(19,2)24(15)18-9-13(31)10-22(41-3)25(18)36/h5-6,8-11,16-17,19,23-24,36H,4,7,12H2,1-3H3/t16-,17+,19-,23-,24+,30+/m0/s1. The van der Waals surface area contributed by atoms with E-state index in [1.54, 1.807) is 26.0 Å². The minimum absolute atomic E-state index is 0.135. The number of ether oxygens (including phenoxy) is 1. The van der Waals surface area contributed by atoms with Gasteiger partial charge in [0.25, 0.3) is 0 Å². The average molecular weight is 646 g/mol. The van der Waals surface area contributed by atoms with E-state index in [0.717, 1.165) is 16.5 Å². The van der Waals surface area contributed by atoms with E-state index in [9.17, 15) is 28.7 Å². The largest absolute Gasteiger partial charge is 0.504 e. The molecule has 2 saturated heterocycles. The number of likely N-dealkylation sites (tertiary alicyclic amines) is 1. The van der Waals surface area contributed by atoms with Gasteiger partial charge in [0.1, 0.15) is 5.82 Å². The van der Waals surface area contributed by atoms with Crippen molar-refractivity contribution in [1.82, 2.24) is 4.90 Å². The fourth-order valence-electron chi connectivity index (χ4n) is 7.58. The third-order valence-corrected chi connectivity index (χ3v) is 10.2. The van der Waals surface area contributed by atoms with Gasteiger partial charge in [0.15, 0.2) is 11.5 Å². The zero-order valence-electron chi connectivity index (χ0n) is 22.5. The Morgan fingerprint density at radius 1 is 1.12 bits per heavy atom. The number of carbonyl (C=O) groups excluding carboxylic acids is 4. The fourth-order valence-corrected chi connectivity index (χ4v) is 8.21. The lowest BCUT2D eigenvalue weighted by Gasteiger charge is -2.49. The number of carbonyl (C=O) groups is 4. The summed E-state index contributed by atoms with van der Waals surface area (Å²) >= 11 is 9.50. The van der Waals surface area contributed by atoms with Crippen molar-refractivity contribution in [3.05, 3.63) is 62.9 Å². The first kappa shape index (κ1) is 27.9. The highest BCUT2D eigenvalue weighted by Crippen LogP contribution is 2.65. The maximum atomic E-state index is 14.4. The number of imide groups is 2. The van der Waals surface area contributed by atoms with Crippen LogP contribution in [0.2, 0.25) is 5.02 Å². The summed E-state index contributed by atoms with van der Waals surface area (Å²) < 4.78 is 20.0. The second kappa shape index (κ2) is 9.66. The summed E-state index contributed by atoms with van der Waals surface area (Å²) in [5.74, 6) is -5.69. The van der Waals surface area contributed by atoms with Gasteiger partial charge in [-0.15, -0.1) is 0 Å². The molecule has 2 heterocycles. The van der Waals surface area contributed by atoms with Crippen molar-refractivity contribution in [2.75, 3.05) is 18.6 Å². The molecule has 1 N–H and O–H groups in total. The van der Waals surface area contributed by atoms with Crippen LogP contribution in [0.1, 0.15) is 38.2 Å². The van der Waals surface area contributed by atoms with Gasteiger partial charge < -0.3 is 9.84 Å². The number of nitrogens with zero attached hydrogens (tertiary/aromatic N) is 2. The zero-order valence-corrected chi connectivity index (χ0v) is 24.8. The molecule has 11 heteroatoms. The van der Waals surface area contributed by atoms with Crippen molar-refractivity contribution in [2.45, 2.75) is 32.6 Å². The second-order valence-electron chi connectivity index (χ2n) is 11.2. The third-order valence-electron chi connectivity index (χ3n) is 9.44. The van der Waals surface area contributed by atoms with Crippen molar-refractivity contribution in [3.63, 3.8) is 0 Å². The van der Waals surface area contributed by atoms with Crippen LogP contribution in [0.5, 0.6) is 11.5 Å². The van der Waals surface area contributed by atoms with Gasteiger partial charge in [-0.05, 0) is 62.9 Å². The Morgan fingerprint density at radius 2 is 1.85 bits per heavy atom. The number of methoxy groups -OCH3 is 1. The quantitative estimate of drug-likeness (QED) is 0.362. The SMILES string of the molecule is CCN1C(=O)[C@H]2[C@H](CC=C3[C@H]2C[C@H]2C(=O)N(c4ccc(F)c(Cl)c4)C(=O)[C@@]2(C)[C@H]3c2cc(Br)cc(OC)c2O)C1=O. The average Bonchev–Trinajstić information content (AvgIpc) is 3.30. The van der Waals surface area contributed by atoms with Crippen molar-refractivity contribution in [2.24, 2.45) is 29.1 Å². The molecule has 0 radical (unpaired) electrons. The molecule has 4 aliphatic rings. The van der Waals surface area contributed by atoms with Crippen molar-refractivity contribution in [3.8, 4) is 11.5 Å². The van der Waals surface area contributed by atoms with Gasteiger partial charge in [-0.2, -0.15) is 0 Å². The summed E-state index contributed by atoms with van der Waals surface area (Å²) in [6.45, 7) is 3.69. The van der Waals surface area contributed by atoms with Crippen LogP contribution < -0.4 is 9.64 Å². The molecule has 1 saturated carbocycles. The number of aromatic hydroxyl groups is 1. The van der Waals surface area contributed by atoms with Gasteiger partial charge in [0.05, 0.1) is 41.0 Å². The number of rotatable bonds is 4. The minimum Gasteiger partial charge on any atom is -0.504 e. The Hall–Kier alpha value is -3.24. The third kappa shape index (κ3) is 3.75. The first-order chi connectivity index (χ1) is 19.4. The van der Waals surface area contributed by atoms with Gasteiger partial charge in [0.2, 0.25) is 23.6 Å². The van der Waals surface area contributed by atoms with Crippen LogP contribution >= 0.6 is 27.5 Å². The molecule has 214 valence electrons. The number of phenols is 1. The van der Waals surface area contributed by atoms with Crippen molar-refractivity contribution in [1.29, 1.82) is 0 Å². The van der Waals surface area contributed by atoms with Gasteiger partial charge in [0, 0.05) is 22.5 Å². The van der Waals surface area contributed by atoms with Crippen LogP contribution in [0.25, 0.3) is 0 Å². The van der Waals surface area contributed by atoms with Gasteiger partial charge >= 0.3 is 0 Å². The molecule has 0 spiro atoms. The number of fused-ring (bicyclic) bond motifs is 4. The minimum atomic E-state index is -1.38. The lowest BCUT2D eigenvalue weighted by Crippen LogP contribution is -2.48. The predicted octanol–water partition coefficient (Wildman–Crippen LogP) is 5.21. The molecule has 2 aliphatic heterocycles. The molecular formula is C30H27BrClFN2O6. The second-order valence-corrected chi connectivity index (χ2v) is 12.5. The monoisotopic (exact) mass is 644 g/mol. The normalized spacial score (nSPS) is 30.8. The molecule has 0 aromatic heterocycles. The molecule has 2 aromatic rings. The number of anilines is 1. The highest BCUT2D eigenvalue weighted by molar-refractivity contribution is 9.10. The highest BCUT2D eigenvalue weighted by Gasteiger charge is 2.68. The van der Waals surface area contributed by atoms with E-state index in [-0.39, 0.29) is 47.0 Å². The van der Waals surface area contributed by atoms with E-state index in [2.05, 4.69) is 15.9 Å². The van der Waals surface area contributed by atoms with Gasteiger partial charge in [-0.1, -0.05) is 39.2 Å². The van der Waals surface area contributed by atoms with Crippen molar-refractivity contribution < 1.29 is 33.4 Å². The lowest BCUT2D eigenvalue weighted by molar-refractivity contribution is -0.140. The highest BCUT2D eigenvalue weighted by atomic mass is 79.9. The number of hydrogen-bond donors (Lipinski definition) is 1. The number of benzene rings is 2. The Bertz CT molecular complexity index is 1580. The topological polar surface area (TPSA) is 104 Å². The number of amides is 4. The maximum Gasteiger partial charge on any atom is 0.241 e. The number of phenolic OH excluding ortho intramolecular Hbond substituents is 1. The number of halogens is 3. The van der Waals surface area contributed by atoms with E-state index in [4.69, 9.17) is 16.3 Å². The van der Waals surface area contributed by atoms with Gasteiger partial charge in [-0.25, -0.2) is 9.29 Å². The molecule has 2 aromatic carbocycles. The molecule has 0 bridgehead atoms. The zero-order chi connectivity index (χ0) is 29.5. The number of allylic oxidation sites excluding steroid dienone is 2. The Kier molecular flexibility index (Phi) is 6.57. The lowest BCUT2D eigenvalue weighted by atomic mass is 9.51. The van der Waals surface area contributed by atoms with Crippen LogP contribution in [0, 0.1) is 34.9 Å². The summed E-state index contributed by atoms with van der Waals surface area (Å²) in [7, 11) is 1.41. The predicted molar refractivity (Wildman–Crippen MR) is 151 cm³/mol. The Labute approximate surface area is 249 Å². The summed E-state index contributed by atoms with van der Waals surface area (Å²) in [5, 5.41) is 11.1. The van der Waals surface area contributed by atoms with E-state index in [0.29, 0.717) is 16.5 Å². The van der Waals surface area contributed by atoms with Crippen LogP contribution in [-0.4, -0.2) is 47.3 Å². The maximum absolute atomic E-state index is 14.4. The van der Waals surface area contributed by atoms with Crippen LogP contribution in [-0.2, 0) is 19.2 Å². The molecule has 41 heavy (non-hydrogen) atoms. The summed E-state index contributed by atoms with van der Waals surface area (Å²) in [6.07, 6.45) is 2.38. The summed E-state index contributed by atoms with van der Waals surface area (Å²) in [6, 6.07) is 6.95. The number of hydrogen-bond acceptors (Lipinski definition) is 6. The molecule has 6 rings (SSSR count). The molecule has 3 fully saturated rings.